The van der Waals surface area contributed by atoms with Crippen LogP contribution in [0.2, 0.25) is 0 Å². The summed E-state index contributed by atoms with van der Waals surface area (Å²) in [4.78, 5) is 27.7. The molecule has 0 amide bonds. The van der Waals surface area contributed by atoms with E-state index in [1.807, 2.05) is 35.7 Å². The molecule has 0 fully saturated rings. The van der Waals surface area contributed by atoms with Gasteiger partial charge in [-0.15, -0.1) is 11.3 Å². The summed E-state index contributed by atoms with van der Waals surface area (Å²) in [5.74, 6) is -0.228. The number of nitrogens with zero attached hydrogens (tertiary/aromatic N) is 4. The van der Waals surface area contributed by atoms with Crippen LogP contribution in [-0.4, -0.2) is 20.8 Å². The third-order valence-corrected chi connectivity index (χ3v) is 4.55. The Morgan fingerprint density at radius 1 is 1.23 bits per heavy atom. The number of hydrogen-bond acceptors (Lipinski definition) is 7. The van der Waals surface area contributed by atoms with Crippen molar-refractivity contribution in [1.29, 1.82) is 0 Å². The quantitative estimate of drug-likeness (QED) is 0.312. The van der Waals surface area contributed by atoms with Crippen molar-refractivity contribution in [3.05, 3.63) is 80.4 Å². The van der Waals surface area contributed by atoms with Crippen molar-refractivity contribution in [2.45, 2.75) is 0 Å². The standard InChI is InChI=1S/C17H10N4O4S/c22-17-15-13(11-4-2-1-3-5-11)9-26-16(15)18-10-20(17)19-8-12-6-7-14(25-12)21(23)24/h1-10H/b19-8-. The Kier molecular flexibility index (Phi) is 3.90. The first-order valence-electron chi connectivity index (χ1n) is 7.46. The Balaban J connectivity index is 1.77. The van der Waals surface area contributed by atoms with Gasteiger partial charge in [0.15, 0.2) is 5.76 Å². The molecule has 3 heterocycles. The van der Waals surface area contributed by atoms with Gasteiger partial charge < -0.3 is 4.42 Å². The van der Waals surface area contributed by atoms with E-state index < -0.39 is 10.8 Å². The molecule has 1 aromatic carbocycles. The first-order valence-corrected chi connectivity index (χ1v) is 8.34. The summed E-state index contributed by atoms with van der Waals surface area (Å²) in [5.41, 5.74) is 1.38. The van der Waals surface area contributed by atoms with Crippen molar-refractivity contribution >= 4 is 33.7 Å². The fourth-order valence-electron chi connectivity index (χ4n) is 2.46. The van der Waals surface area contributed by atoms with Gasteiger partial charge in [0, 0.05) is 10.9 Å². The van der Waals surface area contributed by atoms with Crippen molar-refractivity contribution in [1.82, 2.24) is 9.66 Å². The summed E-state index contributed by atoms with van der Waals surface area (Å²) in [6, 6.07) is 12.2. The first-order chi connectivity index (χ1) is 12.6. The molecule has 0 aliphatic carbocycles. The van der Waals surface area contributed by atoms with Crippen LogP contribution >= 0.6 is 11.3 Å². The number of fused-ring (bicyclic) bond motifs is 1. The summed E-state index contributed by atoms with van der Waals surface area (Å²) in [6.45, 7) is 0. The maximum atomic E-state index is 12.8. The van der Waals surface area contributed by atoms with Crippen LogP contribution in [-0.2, 0) is 0 Å². The van der Waals surface area contributed by atoms with Gasteiger partial charge in [0.2, 0.25) is 0 Å². The van der Waals surface area contributed by atoms with E-state index in [2.05, 4.69) is 10.1 Å². The topological polar surface area (TPSA) is 104 Å². The molecular weight excluding hydrogens is 356 g/mol. The van der Waals surface area contributed by atoms with Gasteiger partial charge in [-0.25, -0.2) is 4.98 Å². The normalized spacial score (nSPS) is 11.4. The van der Waals surface area contributed by atoms with E-state index in [1.165, 1.54) is 36.0 Å². The zero-order valence-electron chi connectivity index (χ0n) is 13.1. The highest BCUT2D eigenvalue weighted by atomic mass is 32.1. The highest BCUT2D eigenvalue weighted by molar-refractivity contribution is 7.17. The van der Waals surface area contributed by atoms with Crippen molar-refractivity contribution in [3.63, 3.8) is 0 Å². The molecule has 8 nitrogen and oxygen atoms in total. The lowest BCUT2D eigenvalue weighted by atomic mass is 10.1. The molecular formula is C17H10N4O4S. The SMILES string of the molecule is O=c1c2c(-c3ccccc3)csc2ncn1/N=C\c1ccc([N+](=O)[O-])o1. The fourth-order valence-corrected chi connectivity index (χ4v) is 3.37. The number of furan rings is 1. The molecule has 0 aliphatic rings. The van der Waals surface area contributed by atoms with Crippen molar-refractivity contribution in [3.8, 4) is 11.1 Å². The second-order valence-corrected chi connectivity index (χ2v) is 6.13. The smallest absolute Gasteiger partial charge is 0.400 e. The molecule has 0 saturated heterocycles. The van der Waals surface area contributed by atoms with Crippen LogP contribution in [0, 0.1) is 10.1 Å². The summed E-state index contributed by atoms with van der Waals surface area (Å²) >= 11 is 1.38. The van der Waals surface area contributed by atoms with Crippen LogP contribution < -0.4 is 5.56 Å². The molecule has 0 radical (unpaired) electrons. The lowest BCUT2D eigenvalue weighted by molar-refractivity contribution is -0.402. The lowest BCUT2D eigenvalue weighted by Gasteiger charge is -2.00. The Morgan fingerprint density at radius 3 is 2.77 bits per heavy atom. The van der Waals surface area contributed by atoms with Gasteiger partial charge >= 0.3 is 5.88 Å². The molecule has 3 aromatic heterocycles. The van der Waals surface area contributed by atoms with Crippen LogP contribution in [0.5, 0.6) is 0 Å². The fraction of sp³-hybridized carbons (Fsp3) is 0. The number of aromatic nitrogens is 2. The van der Waals surface area contributed by atoms with Crippen molar-refractivity contribution < 1.29 is 9.34 Å². The predicted octanol–water partition coefficient (Wildman–Crippen LogP) is 3.51. The minimum atomic E-state index is -0.644. The van der Waals surface area contributed by atoms with E-state index >= 15 is 0 Å². The van der Waals surface area contributed by atoms with Gasteiger partial charge in [-0.05, 0) is 11.6 Å². The van der Waals surface area contributed by atoms with E-state index in [-0.39, 0.29) is 11.3 Å². The van der Waals surface area contributed by atoms with Gasteiger partial charge in [0.25, 0.3) is 5.56 Å². The zero-order valence-corrected chi connectivity index (χ0v) is 13.9. The number of benzene rings is 1. The second kappa shape index (κ2) is 6.37. The molecule has 0 atom stereocenters. The number of rotatable bonds is 4. The highest BCUT2D eigenvalue weighted by Gasteiger charge is 2.13. The van der Waals surface area contributed by atoms with E-state index in [0.29, 0.717) is 10.2 Å². The van der Waals surface area contributed by atoms with E-state index in [1.54, 1.807) is 0 Å². The minimum Gasteiger partial charge on any atom is -0.400 e. The molecule has 0 N–H and O–H groups in total. The Labute approximate surface area is 149 Å². The predicted molar refractivity (Wildman–Crippen MR) is 97.7 cm³/mol. The zero-order chi connectivity index (χ0) is 18.1. The highest BCUT2D eigenvalue weighted by Crippen LogP contribution is 2.30. The summed E-state index contributed by atoms with van der Waals surface area (Å²) in [5, 5.41) is 17.0. The largest absolute Gasteiger partial charge is 0.433 e. The molecule has 0 spiro atoms. The van der Waals surface area contributed by atoms with Crippen LogP contribution in [0.4, 0.5) is 5.88 Å². The Hall–Kier alpha value is -3.59. The van der Waals surface area contributed by atoms with Gasteiger partial charge in [-0.2, -0.15) is 9.78 Å². The van der Waals surface area contributed by atoms with E-state index in [4.69, 9.17) is 4.42 Å². The lowest BCUT2D eigenvalue weighted by Crippen LogP contribution is -2.16. The van der Waals surface area contributed by atoms with E-state index in [9.17, 15) is 14.9 Å². The molecule has 0 aliphatic heterocycles. The number of hydrogen-bond donors (Lipinski definition) is 0. The molecule has 4 aromatic rings. The summed E-state index contributed by atoms with van der Waals surface area (Å²) < 4.78 is 6.07. The van der Waals surface area contributed by atoms with Crippen LogP contribution in [0.3, 0.4) is 0 Å². The van der Waals surface area contributed by atoms with Gasteiger partial charge in [-0.1, -0.05) is 30.3 Å². The maximum Gasteiger partial charge on any atom is 0.433 e. The summed E-state index contributed by atoms with van der Waals surface area (Å²) in [7, 11) is 0. The number of thiophene rings is 1. The third-order valence-electron chi connectivity index (χ3n) is 3.66. The molecule has 0 bridgehead atoms. The van der Waals surface area contributed by atoms with Gasteiger partial charge in [0.1, 0.15) is 16.1 Å². The van der Waals surface area contributed by atoms with E-state index in [0.717, 1.165) is 15.8 Å². The van der Waals surface area contributed by atoms with Crippen LogP contribution in [0.1, 0.15) is 5.76 Å². The van der Waals surface area contributed by atoms with Gasteiger partial charge in [0.05, 0.1) is 17.7 Å². The second-order valence-electron chi connectivity index (χ2n) is 5.27. The first kappa shape index (κ1) is 15.9. The van der Waals surface area contributed by atoms with Gasteiger partial charge in [-0.3, -0.25) is 14.9 Å². The van der Waals surface area contributed by atoms with Crippen LogP contribution in [0.15, 0.2) is 68.5 Å². The molecule has 9 heteroatoms. The summed E-state index contributed by atoms with van der Waals surface area (Å²) in [6.07, 6.45) is 2.54. The van der Waals surface area contributed by atoms with Crippen molar-refractivity contribution in [2.24, 2.45) is 5.10 Å². The molecule has 4 rings (SSSR count). The monoisotopic (exact) mass is 366 g/mol. The average Bonchev–Trinajstić information content (AvgIpc) is 3.29. The minimum absolute atomic E-state index is 0.164. The average molecular weight is 366 g/mol. The Morgan fingerprint density at radius 2 is 2.04 bits per heavy atom. The molecule has 0 saturated carbocycles. The molecule has 128 valence electrons. The molecule has 26 heavy (non-hydrogen) atoms. The van der Waals surface area contributed by atoms with Crippen LogP contribution in [0.25, 0.3) is 21.3 Å². The third kappa shape index (κ3) is 2.80. The molecule has 0 unspecified atom stereocenters. The number of nitro groups is 1. The maximum absolute atomic E-state index is 12.8. The Bertz CT molecular complexity index is 1190. The van der Waals surface area contributed by atoms with Crippen molar-refractivity contribution in [2.75, 3.05) is 0 Å².